The minimum absolute atomic E-state index is 0.213. The highest BCUT2D eigenvalue weighted by Crippen LogP contribution is 2.17. The van der Waals surface area contributed by atoms with Crippen LogP contribution >= 0.6 is 0 Å². The van der Waals surface area contributed by atoms with Crippen LogP contribution in [0.25, 0.3) is 0 Å². The Labute approximate surface area is 111 Å². The van der Waals surface area contributed by atoms with Crippen LogP contribution in [-0.4, -0.2) is 30.0 Å². The summed E-state index contributed by atoms with van der Waals surface area (Å²) >= 11 is 0. The van der Waals surface area contributed by atoms with E-state index in [9.17, 15) is 9.59 Å². The largest absolute Gasteiger partial charge is 0.490 e. The van der Waals surface area contributed by atoms with Gasteiger partial charge in [-0.1, -0.05) is 12.7 Å². The molecule has 0 fully saturated rings. The number of carboxylic acids is 1. The van der Waals surface area contributed by atoms with E-state index in [2.05, 4.69) is 11.9 Å². The summed E-state index contributed by atoms with van der Waals surface area (Å²) in [7, 11) is 0. The lowest BCUT2D eigenvalue weighted by molar-refractivity contribution is -0.138. The Morgan fingerprint density at radius 1 is 1.42 bits per heavy atom. The third-order valence-corrected chi connectivity index (χ3v) is 2.43. The monoisotopic (exact) mass is 263 g/mol. The lowest BCUT2D eigenvalue weighted by atomic mass is 10.1. The molecule has 0 saturated heterocycles. The Bertz CT molecular complexity index is 428. The number of aldehydes is 1. The first kappa shape index (κ1) is 14.8. The number of aliphatic carboxylic acids is 1. The van der Waals surface area contributed by atoms with E-state index in [-0.39, 0.29) is 12.8 Å². The van der Waals surface area contributed by atoms with Crippen molar-refractivity contribution in [2.45, 2.75) is 18.9 Å². The zero-order chi connectivity index (χ0) is 14.1. The molecule has 0 amide bonds. The van der Waals surface area contributed by atoms with Crippen molar-refractivity contribution in [1.29, 1.82) is 0 Å². The van der Waals surface area contributed by atoms with E-state index in [0.29, 0.717) is 24.3 Å². The van der Waals surface area contributed by atoms with Gasteiger partial charge in [0.15, 0.2) is 0 Å². The average molecular weight is 263 g/mol. The Hall–Kier alpha value is -2.30. The molecule has 5 heteroatoms. The molecule has 0 bridgehead atoms. The van der Waals surface area contributed by atoms with Gasteiger partial charge in [0.05, 0.1) is 0 Å². The second-order valence-corrected chi connectivity index (χ2v) is 3.90. The van der Waals surface area contributed by atoms with Crippen molar-refractivity contribution < 1.29 is 19.4 Å². The van der Waals surface area contributed by atoms with E-state index in [0.717, 1.165) is 0 Å². The maximum Gasteiger partial charge on any atom is 0.326 e. The molecular weight excluding hydrogens is 246 g/mol. The first-order chi connectivity index (χ1) is 9.17. The predicted molar refractivity (Wildman–Crippen MR) is 72.5 cm³/mol. The number of carbonyl (C=O) groups is 2. The van der Waals surface area contributed by atoms with Crippen molar-refractivity contribution in [3.63, 3.8) is 0 Å². The molecule has 0 aliphatic rings. The van der Waals surface area contributed by atoms with E-state index in [1.807, 2.05) is 0 Å². The summed E-state index contributed by atoms with van der Waals surface area (Å²) in [6, 6.07) is 6.17. The third kappa shape index (κ3) is 5.25. The zero-order valence-corrected chi connectivity index (χ0v) is 10.5. The third-order valence-electron chi connectivity index (χ3n) is 2.43. The van der Waals surface area contributed by atoms with Gasteiger partial charge < -0.3 is 20.0 Å². The second-order valence-electron chi connectivity index (χ2n) is 3.90. The number of benzene rings is 1. The predicted octanol–water partition coefficient (Wildman–Crippen LogP) is 2.10. The summed E-state index contributed by atoms with van der Waals surface area (Å²) < 4.78 is 5.32. The number of carbonyl (C=O) groups excluding carboxylic acids is 1. The molecule has 0 saturated carbocycles. The molecular formula is C14H17NO4. The number of anilines is 1. The van der Waals surface area contributed by atoms with Gasteiger partial charge in [0.2, 0.25) is 0 Å². The summed E-state index contributed by atoms with van der Waals surface area (Å²) in [6.45, 7) is 3.97. The maximum absolute atomic E-state index is 11.0. The van der Waals surface area contributed by atoms with Crippen molar-refractivity contribution in [3.05, 3.63) is 36.9 Å². The molecule has 5 nitrogen and oxygen atoms in total. The van der Waals surface area contributed by atoms with Crippen LogP contribution < -0.4 is 10.1 Å². The Balaban J connectivity index is 2.61. The molecule has 1 rings (SSSR count). The molecule has 1 unspecified atom stereocenters. The highest BCUT2D eigenvalue weighted by atomic mass is 16.5. The molecule has 0 spiro atoms. The summed E-state index contributed by atoms with van der Waals surface area (Å²) in [5.74, 6) is -0.293. The molecule has 1 atom stereocenters. The van der Waals surface area contributed by atoms with Crippen LogP contribution in [-0.2, 0) is 9.59 Å². The second kappa shape index (κ2) is 7.92. The number of carboxylic acid groups (broad SMARTS) is 1. The van der Waals surface area contributed by atoms with E-state index in [1.54, 1.807) is 30.3 Å². The Morgan fingerprint density at radius 3 is 2.63 bits per heavy atom. The molecule has 0 aliphatic carbocycles. The van der Waals surface area contributed by atoms with Crippen LogP contribution in [0.2, 0.25) is 0 Å². The fraction of sp³-hybridized carbons (Fsp3) is 0.286. The molecule has 0 aliphatic heterocycles. The van der Waals surface area contributed by atoms with Crippen LogP contribution in [0.5, 0.6) is 5.75 Å². The molecule has 0 heterocycles. The van der Waals surface area contributed by atoms with Crippen LogP contribution in [0.4, 0.5) is 5.69 Å². The van der Waals surface area contributed by atoms with Crippen LogP contribution in [0.15, 0.2) is 36.9 Å². The smallest absolute Gasteiger partial charge is 0.326 e. The summed E-state index contributed by atoms with van der Waals surface area (Å²) in [5.41, 5.74) is 0.671. The SMILES string of the molecule is C=CCOc1ccc(NC(CCC=O)C(=O)O)cc1. The lowest BCUT2D eigenvalue weighted by Crippen LogP contribution is -2.29. The van der Waals surface area contributed by atoms with Crippen LogP contribution in [0.1, 0.15) is 12.8 Å². The van der Waals surface area contributed by atoms with E-state index in [1.165, 1.54) is 0 Å². The van der Waals surface area contributed by atoms with Crippen molar-refractivity contribution in [3.8, 4) is 5.75 Å². The minimum atomic E-state index is -0.978. The summed E-state index contributed by atoms with van der Waals surface area (Å²) in [6.07, 6.45) is 2.83. The highest BCUT2D eigenvalue weighted by Gasteiger charge is 2.16. The summed E-state index contributed by atoms with van der Waals surface area (Å²) in [5, 5.41) is 11.9. The normalized spacial score (nSPS) is 11.4. The van der Waals surface area contributed by atoms with Gasteiger partial charge >= 0.3 is 5.97 Å². The molecule has 0 aromatic heterocycles. The van der Waals surface area contributed by atoms with Crippen LogP contribution in [0.3, 0.4) is 0 Å². The first-order valence-corrected chi connectivity index (χ1v) is 5.94. The van der Waals surface area contributed by atoms with Gasteiger partial charge in [0.25, 0.3) is 0 Å². The first-order valence-electron chi connectivity index (χ1n) is 5.94. The number of hydrogen-bond donors (Lipinski definition) is 2. The summed E-state index contributed by atoms with van der Waals surface area (Å²) in [4.78, 5) is 21.3. The van der Waals surface area contributed by atoms with Crippen molar-refractivity contribution in [2.75, 3.05) is 11.9 Å². The molecule has 1 aromatic carbocycles. The van der Waals surface area contributed by atoms with Gasteiger partial charge in [-0.3, -0.25) is 0 Å². The molecule has 0 radical (unpaired) electrons. The number of nitrogens with one attached hydrogen (secondary N) is 1. The van der Waals surface area contributed by atoms with Gasteiger partial charge in [-0.25, -0.2) is 4.79 Å². The van der Waals surface area contributed by atoms with Gasteiger partial charge in [-0.15, -0.1) is 0 Å². The lowest BCUT2D eigenvalue weighted by Gasteiger charge is -2.14. The quantitative estimate of drug-likeness (QED) is 0.527. The fourth-order valence-corrected chi connectivity index (χ4v) is 1.50. The van der Waals surface area contributed by atoms with Gasteiger partial charge in [0.1, 0.15) is 24.7 Å². The van der Waals surface area contributed by atoms with E-state index < -0.39 is 12.0 Å². The molecule has 19 heavy (non-hydrogen) atoms. The van der Waals surface area contributed by atoms with Gasteiger partial charge in [-0.05, 0) is 30.7 Å². The van der Waals surface area contributed by atoms with Crippen molar-refractivity contribution in [2.24, 2.45) is 0 Å². The van der Waals surface area contributed by atoms with E-state index >= 15 is 0 Å². The Kier molecular flexibility index (Phi) is 6.15. The topological polar surface area (TPSA) is 75.6 Å². The van der Waals surface area contributed by atoms with Gasteiger partial charge in [0, 0.05) is 12.1 Å². The van der Waals surface area contributed by atoms with Gasteiger partial charge in [-0.2, -0.15) is 0 Å². The van der Waals surface area contributed by atoms with Crippen LogP contribution in [0, 0.1) is 0 Å². The molecule has 102 valence electrons. The fourth-order valence-electron chi connectivity index (χ4n) is 1.50. The van der Waals surface area contributed by atoms with Crippen molar-refractivity contribution >= 4 is 17.9 Å². The number of hydrogen-bond acceptors (Lipinski definition) is 4. The number of rotatable bonds is 9. The zero-order valence-electron chi connectivity index (χ0n) is 10.5. The minimum Gasteiger partial charge on any atom is -0.490 e. The Morgan fingerprint density at radius 2 is 2.11 bits per heavy atom. The van der Waals surface area contributed by atoms with Crippen molar-refractivity contribution in [1.82, 2.24) is 0 Å². The average Bonchev–Trinajstić information content (AvgIpc) is 2.42. The highest BCUT2D eigenvalue weighted by molar-refractivity contribution is 5.77. The molecule has 2 N–H and O–H groups in total. The standard InChI is InChI=1S/C14H17NO4/c1-2-10-19-12-7-5-11(6-8-12)15-13(14(17)18)4-3-9-16/h2,5-9,13,15H,1,3-4,10H2,(H,17,18). The molecule has 1 aromatic rings. The van der Waals surface area contributed by atoms with E-state index in [4.69, 9.17) is 9.84 Å². The number of ether oxygens (including phenoxy) is 1. The maximum atomic E-state index is 11.0.